The third-order valence-corrected chi connectivity index (χ3v) is 5.01. The maximum absolute atomic E-state index is 13.8. The van der Waals surface area contributed by atoms with E-state index in [2.05, 4.69) is 23.3 Å². The molecule has 4 heteroatoms. The molecule has 0 radical (unpaired) electrons. The van der Waals surface area contributed by atoms with Crippen molar-refractivity contribution >= 4 is 10.9 Å². The van der Waals surface area contributed by atoms with Gasteiger partial charge in [-0.2, -0.15) is 0 Å². The van der Waals surface area contributed by atoms with E-state index in [9.17, 15) is 8.78 Å². The van der Waals surface area contributed by atoms with Gasteiger partial charge in [0.15, 0.2) is 0 Å². The zero-order valence-electron chi connectivity index (χ0n) is 14.6. The molecule has 0 saturated heterocycles. The van der Waals surface area contributed by atoms with Gasteiger partial charge >= 0.3 is 0 Å². The van der Waals surface area contributed by atoms with Crippen LogP contribution in [0.25, 0.3) is 16.6 Å². The summed E-state index contributed by atoms with van der Waals surface area (Å²) in [5.74, 6) is 0.196. The van der Waals surface area contributed by atoms with E-state index in [-0.39, 0.29) is 11.6 Å². The van der Waals surface area contributed by atoms with E-state index in [0.717, 1.165) is 42.6 Å². The Morgan fingerprint density at radius 1 is 0.960 bits per heavy atom. The highest BCUT2D eigenvalue weighted by Gasteiger charge is 2.27. The summed E-state index contributed by atoms with van der Waals surface area (Å²) < 4.78 is 29.3. The number of hydrogen-bond donors (Lipinski definition) is 0. The van der Waals surface area contributed by atoms with E-state index in [1.807, 2.05) is 6.07 Å². The van der Waals surface area contributed by atoms with Crippen LogP contribution >= 0.6 is 0 Å². The molecule has 1 aliphatic heterocycles. The third-order valence-electron chi connectivity index (χ3n) is 5.01. The van der Waals surface area contributed by atoms with E-state index in [0.29, 0.717) is 5.92 Å². The Morgan fingerprint density at radius 2 is 1.68 bits per heavy atom. The lowest BCUT2D eigenvalue weighted by atomic mass is 10.1. The van der Waals surface area contributed by atoms with Gasteiger partial charge < -0.3 is 4.57 Å². The van der Waals surface area contributed by atoms with Crippen LogP contribution in [0.3, 0.4) is 0 Å². The van der Waals surface area contributed by atoms with Gasteiger partial charge in [0.05, 0.1) is 5.52 Å². The van der Waals surface area contributed by atoms with E-state index in [1.54, 1.807) is 18.2 Å². The monoisotopic (exact) mass is 340 g/mol. The second-order valence-electron chi connectivity index (χ2n) is 7.29. The summed E-state index contributed by atoms with van der Waals surface area (Å²) >= 11 is 0. The van der Waals surface area contributed by atoms with E-state index < -0.39 is 0 Å². The first kappa shape index (κ1) is 16.3. The maximum Gasteiger partial charge on any atom is 0.123 e. The molecule has 2 aromatic carbocycles. The number of rotatable bonds is 4. The zero-order chi connectivity index (χ0) is 17.6. The van der Waals surface area contributed by atoms with Crippen LogP contribution in [0.5, 0.6) is 0 Å². The Labute approximate surface area is 146 Å². The first-order valence-corrected chi connectivity index (χ1v) is 8.83. The molecule has 4 rings (SSSR count). The Kier molecular flexibility index (Phi) is 4.08. The largest absolute Gasteiger partial charge is 0.312 e. The summed E-state index contributed by atoms with van der Waals surface area (Å²) in [7, 11) is 0. The fraction of sp³-hybridized carbons (Fsp3) is 0.333. The SMILES string of the molecule is CC(C)CCN1Cc2c(n(-c3ccc(F)cc3)c3ccc(F)cc23)C1. The first-order valence-electron chi connectivity index (χ1n) is 8.83. The number of halogens is 2. The molecule has 0 aliphatic carbocycles. The topological polar surface area (TPSA) is 8.17 Å². The van der Waals surface area contributed by atoms with Gasteiger partial charge in [-0.05, 0) is 66.9 Å². The molecule has 0 N–H and O–H groups in total. The average Bonchev–Trinajstić information content (AvgIpc) is 3.11. The van der Waals surface area contributed by atoms with Gasteiger partial charge in [-0.15, -0.1) is 0 Å². The van der Waals surface area contributed by atoms with Crippen LogP contribution < -0.4 is 0 Å². The second-order valence-corrected chi connectivity index (χ2v) is 7.29. The minimum atomic E-state index is -0.249. The summed E-state index contributed by atoms with van der Waals surface area (Å²) in [6, 6.07) is 11.5. The number of benzene rings is 2. The summed E-state index contributed by atoms with van der Waals surface area (Å²) in [6.07, 6.45) is 1.15. The molecule has 0 bridgehead atoms. The van der Waals surface area contributed by atoms with Crippen molar-refractivity contribution < 1.29 is 8.78 Å². The zero-order valence-corrected chi connectivity index (χ0v) is 14.6. The molecule has 3 aromatic rings. The van der Waals surface area contributed by atoms with Crippen molar-refractivity contribution in [2.75, 3.05) is 6.54 Å². The first-order chi connectivity index (χ1) is 12.0. The van der Waals surface area contributed by atoms with Crippen LogP contribution in [0, 0.1) is 17.6 Å². The fourth-order valence-electron chi connectivity index (χ4n) is 3.70. The molecule has 0 fully saturated rings. The van der Waals surface area contributed by atoms with Crippen molar-refractivity contribution in [2.45, 2.75) is 33.4 Å². The molecule has 2 nitrogen and oxygen atoms in total. The Balaban J connectivity index is 1.81. The Hall–Kier alpha value is -2.20. The molecule has 0 amide bonds. The number of fused-ring (bicyclic) bond motifs is 3. The third kappa shape index (κ3) is 2.95. The molecule has 130 valence electrons. The predicted octanol–water partition coefficient (Wildman–Crippen LogP) is 5.27. The summed E-state index contributed by atoms with van der Waals surface area (Å²) in [4.78, 5) is 2.41. The van der Waals surface area contributed by atoms with Gasteiger partial charge in [0, 0.05) is 29.9 Å². The van der Waals surface area contributed by atoms with Crippen molar-refractivity contribution in [2.24, 2.45) is 5.92 Å². The number of nitrogens with zero attached hydrogens (tertiary/aromatic N) is 2. The van der Waals surface area contributed by atoms with Crippen molar-refractivity contribution in [1.29, 1.82) is 0 Å². The van der Waals surface area contributed by atoms with E-state index in [4.69, 9.17) is 0 Å². The quantitative estimate of drug-likeness (QED) is 0.628. The molecule has 0 saturated carbocycles. The van der Waals surface area contributed by atoms with Crippen LogP contribution in [-0.2, 0) is 13.1 Å². The normalized spacial score (nSPS) is 14.6. The highest BCUT2D eigenvalue weighted by atomic mass is 19.1. The van der Waals surface area contributed by atoms with Gasteiger partial charge in [-0.25, -0.2) is 8.78 Å². The van der Waals surface area contributed by atoms with E-state index >= 15 is 0 Å². The molecule has 1 aliphatic rings. The molecular formula is C21H22F2N2. The molecule has 0 atom stereocenters. The molecule has 25 heavy (non-hydrogen) atoms. The predicted molar refractivity (Wildman–Crippen MR) is 96.8 cm³/mol. The Bertz CT molecular complexity index is 910. The van der Waals surface area contributed by atoms with Crippen molar-refractivity contribution in [3.63, 3.8) is 0 Å². The highest BCUT2D eigenvalue weighted by Crippen LogP contribution is 2.36. The highest BCUT2D eigenvalue weighted by molar-refractivity contribution is 5.88. The molecule has 2 heterocycles. The lowest BCUT2D eigenvalue weighted by molar-refractivity contribution is 0.263. The van der Waals surface area contributed by atoms with Crippen LogP contribution in [0.15, 0.2) is 42.5 Å². The second kappa shape index (κ2) is 6.26. The van der Waals surface area contributed by atoms with Crippen molar-refractivity contribution in [3.8, 4) is 5.69 Å². The summed E-state index contributed by atoms with van der Waals surface area (Å²) in [5.41, 5.74) is 4.30. The standard InChI is InChI=1S/C21H22F2N2/c1-14(2)9-10-24-12-19-18-11-16(23)5-8-20(18)25(21(19)13-24)17-6-3-15(22)4-7-17/h3-8,11,14H,9-10,12-13H2,1-2H3. The van der Waals surface area contributed by atoms with Crippen molar-refractivity contribution in [3.05, 3.63) is 65.4 Å². The number of aromatic nitrogens is 1. The lowest BCUT2D eigenvalue weighted by Crippen LogP contribution is -2.20. The fourth-order valence-corrected chi connectivity index (χ4v) is 3.70. The van der Waals surface area contributed by atoms with Crippen LogP contribution in [0.2, 0.25) is 0 Å². The number of hydrogen-bond acceptors (Lipinski definition) is 1. The van der Waals surface area contributed by atoms with Crippen LogP contribution in [0.1, 0.15) is 31.5 Å². The van der Waals surface area contributed by atoms with Gasteiger partial charge in [-0.1, -0.05) is 13.8 Å². The smallest absolute Gasteiger partial charge is 0.123 e. The van der Waals surface area contributed by atoms with Crippen molar-refractivity contribution in [1.82, 2.24) is 9.47 Å². The molecule has 0 spiro atoms. The minimum absolute atomic E-state index is 0.216. The lowest BCUT2D eigenvalue weighted by Gasteiger charge is -2.18. The van der Waals surface area contributed by atoms with Gasteiger partial charge in [0.1, 0.15) is 11.6 Å². The Morgan fingerprint density at radius 3 is 2.40 bits per heavy atom. The molecule has 0 unspecified atom stereocenters. The van der Waals surface area contributed by atoms with Gasteiger partial charge in [0.25, 0.3) is 0 Å². The van der Waals surface area contributed by atoms with Gasteiger partial charge in [-0.3, -0.25) is 4.90 Å². The van der Waals surface area contributed by atoms with Crippen LogP contribution in [-0.4, -0.2) is 16.0 Å². The van der Waals surface area contributed by atoms with Crippen LogP contribution in [0.4, 0.5) is 8.78 Å². The van der Waals surface area contributed by atoms with E-state index in [1.165, 1.54) is 29.5 Å². The maximum atomic E-state index is 13.8. The van der Waals surface area contributed by atoms with Gasteiger partial charge in [0.2, 0.25) is 0 Å². The average molecular weight is 340 g/mol. The molecule has 1 aromatic heterocycles. The summed E-state index contributed by atoms with van der Waals surface area (Å²) in [6.45, 7) is 7.18. The summed E-state index contributed by atoms with van der Waals surface area (Å²) in [5, 5.41) is 0.964. The molecular weight excluding hydrogens is 318 g/mol. The minimum Gasteiger partial charge on any atom is -0.312 e.